The van der Waals surface area contributed by atoms with Crippen LogP contribution in [0.3, 0.4) is 0 Å². The molecule has 0 aliphatic heterocycles. The van der Waals surface area contributed by atoms with Crippen LogP contribution >= 0.6 is 23.2 Å². The van der Waals surface area contributed by atoms with Crippen molar-refractivity contribution in [2.75, 3.05) is 6.54 Å². The topological polar surface area (TPSA) is 27.0 Å². The van der Waals surface area contributed by atoms with Gasteiger partial charge in [0.25, 0.3) is 0 Å². The molecule has 0 N–H and O–H groups in total. The van der Waals surface area contributed by atoms with Crippen molar-refractivity contribution in [3.05, 3.63) is 33.8 Å². The Balaban J connectivity index is 2.75. The monoisotopic (exact) mass is 270 g/mol. The van der Waals surface area contributed by atoms with Gasteiger partial charge in [0.2, 0.25) is 0 Å². The summed E-state index contributed by atoms with van der Waals surface area (Å²) in [6.45, 7) is 5.73. The average molecular weight is 271 g/mol. The maximum Gasteiger partial charge on any atom is 0.0635 e. The van der Waals surface area contributed by atoms with Crippen molar-refractivity contribution in [1.82, 2.24) is 4.90 Å². The van der Waals surface area contributed by atoms with Gasteiger partial charge in [0, 0.05) is 35.6 Å². The van der Waals surface area contributed by atoms with Gasteiger partial charge in [-0.05, 0) is 31.5 Å². The fourth-order valence-electron chi connectivity index (χ4n) is 1.58. The number of nitriles is 1. The Bertz CT molecular complexity index is 410. The molecule has 0 aliphatic rings. The van der Waals surface area contributed by atoms with Gasteiger partial charge in [0.15, 0.2) is 0 Å². The molecule has 0 saturated heterocycles. The van der Waals surface area contributed by atoms with Gasteiger partial charge in [-0.3, -0.25) is 4.90 Å². The molecule has 0 aliphatic carbocycles. The van der Waals surface area contributed by atoms with Gasteiger partial charge >= 0.3 is 0 Å². The molecule has 0 atom stereocenters. The predicted molar refractivity (Wildman–Crippen MR) is 72.2 cm³/mol. The van der Waals surface area contributed by atoms with E-state index in [2.05, 4.69) is 24.8 Å². The van der Waals surface area contributed by atoms with Crippen molar-refractivity contribution < 1.29 is 0 Å². The highest BCUT2D eigenvalue weighted by Gasteiger charge is 2.11. The first-order valence-electron chi connectivity index (χ1n) is 5.59. The van der Waals surface area contributed by atoms with Crippen molar-refractivity contribution in [3.63, 3.8) is 0 Å². The molecular weight excluding hydrogens is 255 g/mol. The summed E-state index contributed by atoms with van der Waals surface area (Å²) in [5.74, 6) is 0. The van der Waals surface area contributed by atoms with Gasteiger partial charge in [-0.2, -0.15) is 5.26 Å². The Labute approximate surface area is 113 Å². The van der Waals surface area contributed by atoms with Gasteiger partial charge in [0.1, 0.15) is 0 Å². The maximum atomic E-state index is 8.63. The van der Waals surface area contributed by atoms with E-state index in [4.69, 9.17) is 28.5 Å². The molecule has 0 aromatic heterocycles. The maximum absolute atomic E-state index is 8.63. The number of rotatable bonds is 5. The predicted octanol–water partition coefficient (Wildman–Crippen LogP) is 4.12. The minimum atomic E-state index is 0.384. The van der Waals surface area contributed by atoms with E-state index in [9.17, 15) is 0 Å². The molecule has 0 heterocycles. The summed E-state index contributed by atoms with van der Waals surface area (Å²) < 4.78 is 0. The first-order valence-corrected chi connectivity index (χ1v) is 6.35. The van der Waals surface area contributed by atoms with E-state index < -0.39 is 0 Å². The summed E-state index contributed by atoms with van der Waals surface area (Å²) in [5, 5.41) is 9.96. The summed E-state index contributed by atoms with van der Waals surface area (Å²) >= 11 is 12.0. The van der Waals surface area contributed by atoms with E-state index in [0.29, 0.717) is 22.5 Å². The zero-order valence-electron chi connectivity index (χ0n) is 10.1. The fraction of sp³-hybridized carbons (Fsp3) is 0.462. The van der Waals surface area contributed by atoms with Crippen molar-refractivity contribution in [1.29, 1.82) is 5.26 Å². The first-order chi connectivity index (χ1) is 8.04. The number of hydrogen-bond donors (Lipinski definition) is 0. The quantitative estimate of drug-likeness (QED) is 0.805. The lowest BCUT2D eigenvalue weighted by atomic mass is 10.2. The van der Waals surface area contributed by atoms with Crippen LogP contribution in [0.2, 0.25) is 10.0 Å². The minimum Gasteiger partial charge on any atom is -0.296 e. The third kappa shape index (κ3) is 4.55. The number of hydrogen-bond acceptors (Lipinski definition) is 2. The van der Waals surface area contributed by atoms with Gasteiger partial charge in [-0.15, -0.1) is 0 Å². The van der Waals surface area contributed by atoms with Crippen LogP contribution in [0.5, 0.6) is 0 Å². The molecule has 0 saturated carbocycles. The van der Waals surface area contributed by atoms with Crippen LogP contribution < -0.4 is 0 Å². The van der Waals surface area contributed by atoms with Gasteiger partial charge < -0.3 is 0 Å². The molecule has 0 radical (unpaired) electrons. The van der Waals surface area contributed by atoms with Crippen LogP contribution in [0.15, 0.2) is 18.2 Å². The molecular formula is C13H16Cl2N2. The Morgan fingerprint density at radius 1 is 1.35 bits per heavy atom. The van der Waals surface area contributed by atoms with E-state index in [-0.39, 0.29) is 0 Å². The Morgan fingerprint density at radius 2 is 2.06 bits per heavy atom. The fourth-order valence-corrected chi connectivity index (χ4v) is 2.05. The van der Waals surface area contributed by atoms with E-state index in [0.717, 1.165) is 18.7 Å². The van der Waals surface area contributed by atoms with Crippen LogP contribution in [0.25, 0.3) is 0 Å². The third-order valence-corrected chi connectivity index (χ3v) is 3.22. The zero-order chi connectivity index (χ0) is 12.8. The lowest BCUT2D eigenvalue weighted by Gasteiger charge is -2.25. The smallest absolute Gasteiger partial charge is 0.0635 e. The molecule has 0 spiro atoms. The Kier molecular flexibility index (Phi) is 5.77. The molecule has 1 aromatic rings. The van der Waals surface area contributed by atoms with E-state index in [1.807, 2.05) is 12.1 Å². The summed E-state index contributed by atoms with van der Waals surface area (Å²) in [4.78, 5) is 2.22. The summed E-state index contributed by atoms with van der Waals surface area (Å²) in [6, 6.07) is 8.08. The lowest BCUT2D eigenvalue weighted by Crippen LogP contribution is -2.31. The molecule has 92 valence electrons. The van der Waals surface area contributed by atoms with E-state index in [1.165, 1.54) is 0 Å². The highest BCUT2D eigenvalue weighted by atomic mass is 35.5. The highest BCUT2D eigenvalue weighted by Crippen LogP contribution is 2.22. The molecule has 4 heteroatoms. The summed E-state index contributed by atoms with van der Waals surface area (Å²) in [6.07, 6.45) is 0.531. The Morgan fingerprint density at radius 3 is 2.59 bits per heavy atom. The van der Waals surface area contributed by atoms with Crippen molar-refractivity contribution in [2.24, 2.45) is 0 Å². The highest BCUT2D eigenvalue weighted by molar-refractivity contribution is 6.35. The minimum absolute atomic E-state index is 0.384. The molecule has 0 fully saturated rings. The average Bonchev–Trinajstić information content (AvgIpc) is 2.26. The second-order valence-corrected chi connectivity index (χ2v) is 5.05. The largest absolute Gasteiger partial charge is 0.296 e. The van der Waals surface area contributed by atoms with Gasteiger partial charge in [-0.1, -0.05) is 29.3 Å². The van der Waals surface area contributed by atoms with Crippen LogP contribution in [0.1, 0.15) is 25.8 Å². The second-order valence-electron chi connectivity index (χ2n) is 4.21. The van der Waals surface area contributed by atoms with Gasteiger partial charge in [-0.25, -0.2) is 0 Å². The molecule has 0 bridgehead atoms. The first kappa shape index (κ1) is 14.3. The number of nitrogens with zero attached hydrogens (tertiary/aromatic N) is 2. The van der Waals surface area contributed by atoms with Crippen molar-refractivity contribution in [3.8, 4) is 6.07 Å². The molecule has 1 aromatic carbocycles. The molecule has 1 rings (SSSR count). The number of benzene rings is 1. The van der Waals surface area contributed by atoms with Crippen molar-refractivity contribution >= 4 is 23.2 Å². The summed E-state index contributed by atoms with van der Waals surface area (Å²) in [5.41, 5.74) is 1.04. The van der Waals surface area contributed by atoms with E-state index in [1.54, 1.807) is 6.07 Å². The van der Waals surface area contributed by atoms with Crippen LogP contribution in [0.4, 0.5) is 0 Å². The molecule has 0 amide bonds. The normalized spacial score (nSPS) is 10.9. The van der Waals surface area contributed by atoms with Crippen molar-refractivity contribution in [2.45, 2.75) is 32.9 Å². The standard InChI is InChI=1S/C13H16Cl2N2/c1-10(2)17(7-3-6-16)9-11-4-5-12(14)8-13(11)15/h4-5,8,10H,3,7,9H2,1-2H3. The Hall–Kier alpha value is -0.750. The SMILES string of the molecule is CC(C)N(CCC#N)Cc1ccc(Cl)cc1Cl. The zero-order valence-corrected chi connectivity index (χ0v) is 11.6. The van der Waals surface area contributed by atoms with Gasteiger partial charge in [0.05, 0.1) is 6.07 Å². The number of halogens is 2. The van der Waals surface area contributed by atoms with Crippen LogP contribution in [-0.4, -0.2) is 17.5 Å². The molecule has 2 nitrogen and oxygen atoms in total. The van der Waals surface area contributed by atoms with Crippen LogP contribution in [-0.2, 0) is 6.54 Å². The lowest BCUT2D eigenvalue weighted by molar-refractivity contribution is 0.218. The van der Waals surface area contributed by atoms with E-state index >= 15 is 0 Å². The molecule has 0 unspecified atom stereocenters. The third-order valence-electron chi connectivity index (χ3n) is 2.63. The van der Waals surface area contributed by atoms with Crippen LogP contribution in [0, 0.1) is 11.3 Å². The summed E-state index contributed by atoms with van der Waals surface area (Å²) in [7, 11) is 0. The molecule has 17 heavy (non-hydrogen) atoms. The second kappa shape index (κ2) is 6.86.